The summed E-state index contributed by atoms with van der Waals surface area (Å²) in [5.41, 5.74) is 0. The topological polar surface area (TPSA) is 0 Å². The molecule has 0 amide bonds. The van der Waals surface area contributed by atoms with E-state index in [0.717, 1.165) is 0 Å². The fraction of sp³-hybridized carbons (Fsp3) is 0. The second kappa shape index (κ2) is 24.4. The quantitative estimate of drug-likeness (QED) is 0.252. The molecule has 0 aliphatic heterocycles. The van der Waals surface area contributed by atoms with Crippen LogP contribution in [-0.4, -0.2) is 121 Å². The number of rotatable bonds is 0. The van der Waals surface area contributed by atoms with Crippen LogP contribution in [0.25, 0.3) is 0 Å². The Morgan fingerprint density at radius 2 is 0.400 bits per heavy atom. The van der Waals surface area contributed by atoms with Crippen LogP contribution in [0.15, 0.2) is 0 Å². The van der Waals surface area contributed by atoms with E-state index in [9.17, 15) is 0 Å². The standard InChI is InChI=1S/2Sb.3Sn.6H. The van der Waals surface area contributed by atoms with Crippen molar-refractivity contribution in [2.24, 2.45) is 0 Å². The van der Waals surface area contributed by atoms with Gasteiger partial charge in [-0.15, -0.1) is 0 Å². The molecule has 28 valence electrons. The third-order valence-electron chi connectivity index (χ3n) is 0. The van der Waals surface area contributed by atoms with Gasteiger partial charge in [-0.2, -0.15) is 0 Å². The van der Waals surface area contributed by atoms with Crippen LogP contribution in [0.4, 0.5) is 0 Å². The molecule has 0 fully saturated rings. The van der Waals surface area contributed by atoms with E-state index < -0.39 is 0 Å². The Balaban J connectivity index is 0. The van der Waals surface area contributed by atoms with Gasteiger partial charge in [0.25, 0.3) is 0 Å². The Kier molecular flexibility index (Phi) is 175. The van der Waals surface area contributed by atoms with E-state index >= 15 is 0 Å². The van der Waals surface area contributed by atoms with Crippen molar-refractivity contribution in [1.82, 2.24) is 0 Å². The van der Waals surface area contributed by atoms with Crippen LogP contribution in [-0.2, 0) is 0 Å². The average Bonchev–Trinajstić information content (AvgIpc) is 0. The first kappa shape index (κ1) is 35.8. The van der Waals surface area contributed by atoms with Gasteiger partial charge < -0.3 is 0 Å². The molecular formula is H6Sb2Sn3. The minimum atomic E-state index is 0. The van der Waals surface area contributed by atoms with E-state index in [4.69, 9.17) is 0 Å². The summed E-state index contributed by atoms with van der Waals surface area (Å²) in [5.74, 6) is 0. The monoisotopic (exact) mass is 608 g/mol. The molecule has 5 heteroatoms. The molecule has 0 saturated heterocycles. The zero-order chi connectivity index (χ0) is 0. The maximum absolute atomic E-state index is 0. The molecule has 0 rings (SSSR count). The second-order valence-corrected chi connectivity index (χ2v) is 0. The van der Waals surface area contributed by atoms with Gasteiger partial charge in [0.1, 0.15) is 0 Å². The van der Waals surface area contributed by atoms with Crippen molar-refractivity contribution in [2.45, 2.75) is 0 Å². The molecule has 0 saturated carbocycles. The zero-order valence-corrected chi connectivity index (χ0v) is 20.2. The number of hydrogen-bond donors (Lipinski definition) is 0. The molecule has 0 bridgehead atoms. The molecule has 0 heterocycles. The van der Waals surface area contributed by atoms with Gasteiger partial charge in [0, 0.05) is 48.9 Å². The Hall–Kier alpha value is 4.03. The van der Waals surface area contributed by atoms with Crippen LogP contribution < -0.4 is 0 Å². The third kappa shape index (κ3) is 18.0. The van der Waals surface area contributed by atoms with Crippen LogP contribution >= 0.6 is 0 Å². The van der Waals surface area contributed by atoms with Crippen molar-refractivity contribution in [3.05, 3.63) is 0 Å². The predicted octanol–water partition coefficient (Wildman–Crippen LogP) is -3.51. The third-order valence-corrected chi connectivity index (χ3v) is 0. The summed E-state index contributed by atoms with van der Waals surface area (Å²) in [6.07, 6.45) is 0. The van der Waals surface area contributed by atoms with E-state index in [1.54, 1.807) is 0 Å². The summed E-state index contributed by atoms with van der Waals surface area (Å²) < 4.78 is 0. The second-order valence-electron chi connectivity index (χ2n) is 0. The van der Waals surface area contributed by atoms with Gasteiger partial charge in [-0.3, -0.25) is 0 Å². The van der Waals surface area contributed by atoms with Gasteiger partial charge in [0.2, 0.25) is 0 Å². The van der Waals surface area contributed by atoms with Crippen molar-refractivity contribution in [3.63, 3.8) is 0 Å². The molecule has 0 aromatic heterocycles. The Morgan fingerprint density at radius 1 is 0.400 bits per heavy atom. The van der Waals surface area contributed by atoms with Crippen LogP contribution in [0.3, 0.4) is 0 Å². The first-order chi connectivity index (χ1) is 0. The van der Waals surface area contributed by atoms with E-state index in [0.29, 0.717) is 0 Å². The molecule has 5 heavy (non-hydrogen) atoms. The van der Waals surface area contributed by atoms with Crippen LogP contribution in [0, 0.1) is 0 Å². The van der Waals surface area contributed by atoms with Crippen LogP contribution in [0.1, 0.15) is 0 Å². The molecule has 0 N–H and O–H groups in total. The van der Waals surface area contributed by atoms with Crippen molar-refractivity contribution < 1.29 is 0 Å². The Labute approximate surface area is 118 Å². The predicted molar refractivity (Wildman–Crippen MR) is 37.1 cm³/mol. The van der Waals surface area contributed by atoms with Gasteiger partial charge in [-0.05, 0) is 0 Å². The first-order valence-corrected chi connectivity index (χ1v) is 0. The van der Waals surface area contributed by atoms with Crippen molar-refractivity contribution in [2.75, 3.05) is 0 Å². The summed E-state index contributed by atoms with van der Waals surface area (Å²) in [6, 6.07) is 0. The van der Waals surface area contributed by atoms with Crippen LogP contribution in [0.5, 0.6) is 0 Å². The van der Waals surface area contributed by atoms with Gasteiger partial charge >= 0.3 is 71.7 Å². The van der Waals surface area contributed by atoms with Gasteiger partial charge in [0.05, 0.1) is 0 Å². The summed E-state index contributed by atoms with van der Waals surface area (Å²) in [4.78, 5) is 0. The SMILES string of the molecule is [Sb].[Sb].[SnH2].[SnH2].[SnH2]. The van der Waals surface area contributed by atoms with E-state index in [2.05, 4.69) is 0 Å². The molecular weight excluding hydrogens is 600 g/mol. The van der Waals surface area contributed by atoms with Gasteiger partial charge in [-0.1, -0.05) is 0 Å². The Bertz CT molecular complexity index is 4.85. The minimum absolute atomic E-state index is 0. The van der Waals surface area contributed by atoms with E-state index in [1.807, 2.05) is 0 Å². The fourth-order valence-corrected chi connectivity index (χ4v) is 0. The zero-order valence-electron chi connectivity index (χ0n) is 3.02. The van der Waals surface area contributed by atoms with E-state index in [1.165, 1.54) is 0 Å². The molecule has 0 unspecified atom stereocenters. The first-order valence-electron chi connectivity index (χ1n) is 0. The number of hydrogen-bond acceptors (Lipinski definition) is 0. The summed E-state index contributed by atoms with van der Waals surface area (Å²) in [5, 5.41) is 0. The molecule has 0 aliphatic rings. The van der Waals surface area contributed by atoms with Crippen molar-refractivity contribution in [1.29, 1.82) is 0 Å². The van der Waals surface area contributed by atoms with Crippen molar-refractivity contribution >= 4 is 121 Å². The molecule has 0 aliphatic carbocycles. The molecule has 0 nitrogen and oxygen atoms in total. The molecule has 0 atom stereocenters. The molecule has 0 spiro atoms. The maximum atomic E-state index is 0. The Morgan fingerprint density at radius 3 is 0.400 bits per heavy atom. The van der Waals surface area contributed by atoms with Gasteiger partial charge in [0.15, 0.2) is 0 Å². The molecule has 0 aromatic carbocycles. The summed E-state index contributed by atoms with van der Waals surface area (Å²) in [6.45, 7) is 0. The molecule has 12 radical (unpaired) electrons. The summed E-state index contributed by atoms with van der Waals surface area (Å²) in [7, 11) is 0. The van der Waals surface area contributed by atoms with E-state index in [-0.39, 0.29) is 121 Å². The fourth-order valence-electron chi connectivity index (χ4n) is 0. The van der Waals surface area contributed by atoms with Gasteiger partial charge in [-0.25, -0.2) is 0 Å². The van der Waals surface area contributed by atoms with Crippen LogP contribution in [0.2, 0.25) is 0 Å². The van der Waals surface area contributed by atoms with Crippen molar-refractivity contribution in [3.8, 4) is 0 Å². The average molecular weight is 606 g/mol. The normalized spacial score (nSPS) is 0. The molecule has 0 aromatic rings. The summed E-state index contributed by atoms with van der Waals surface area (Å²) >= 11 is 0.